The van der Waals surface area contributed by atoms with Gasteiger partial charge in [-0.3, -0.25) is 4.21 Å². The maximum Gasteiger partial charge on any atom is 0.302 e. The minimum absolute atomic E-state index is 0.0544. The molecule has 1 saturated carbocycles. The predicted octanol–water partition coefficient (Wildman–Crippen LogP) is 2.75. The molecule has 32 heavy (non-hydrogen) atoms. The molecule has 1 aliphatic carbocycles. The second kappa shape index (κ2) is 7.96. The lowest BCUT2D eigenvalue weighted by molar-refractivity contribution is 0.0191. The number of aliphatic hydroxyl groups is 1. The van der Waals surface area contributed by atoms with Gasteiger partial charge in [-0.05, 0) is 31.3 Å². The number of hydrogen-bond donors (Lipinski definition) is 2. The van der Waals surface area contributed by atoms with Crippen molar-refractivity contribution in [2.24, 2.45) is 0 Å². The second-order valence-electron chi connectivity index (χ2n) is 8.31. The monoisotopic (exact) mass is 482 g/mol. The molecule has 0 unspecified atom stereocenters. The highest BCUT2D eigenvalue weighted by atomic mass is 35.5. The van der Waals surface area contributed by atoms with Gasteiger partial charge in [-0.1, -0.05) is 17.7 Å². The number of fused-ring (bicyclic) bond motifs is 1. The molecule has 4 heterocycles. The number of hydrogen-bond acceptors (Lipinski definition) is 8. The number of aliphatic hydroxyl groups excluding tert-OH is 1. The van der Waals surface area contributed by atoms with Crippen molar-refractivity contribution in [1.29, 1.82) is 0 Å². The molecule has 0 spiro atoms. The van der Waals surface area contributed by atoms with Gasteiger partial charge in [-0.15, -0.1) is 0 Å². The van der Waals surface area contributed by atoms with Crippen molar-refractivity contribution in [1.82, 2.24) is 19.9 Å². The molecule has 0 amide bonds. The van der Waals surface area contributed by atoms with Crippen molar-refractivity contribution < 1.29 is 18.1 Å². The minimum Gasteiger partial charge on any atom is -0.394 e. The Morgan fingerprint density at radius 1 is 1.25 bits per heavy atom. The summed E-state index contributed by atoms with van der Waals surface area (Å²) in [6.45, 7) is 0.718. The van der Waals surface area contributed by atoms with Crippen LogP contribution in [-0.4, -0.2) is 60.2 Å². The van der Waals surface area contributed by atoms with Crippen molar-refractivity contribution >= 4 is 39.7 Å². The van der Waals surface area contributed by atoms with Crippen molar-refractivity contribution in [3.8, 4) is 0 Å². The Hall–Kier alpha value is -2.24. The Bertz CT molecular complexity index is 1100. The molecule has 0 bridgehead atoms. The van der Waals surface area contributed by atoms with E-state index in [0.717, 1.165) is 12.0 Å². The quantitative estimate of drug-likeness (QED) is 0.670. The first-order chi connectivity index (χ1) is 15.3. The highest BCUT2D eigenvalue weighted by Gasteiger charge is 2.49. The first-order valence-electron chi connectivity index (χ1n) is 10.3. The summed E-state index contributed by atoms with van der Waals surface area (Å²) in [7, 11) is -1.92. The Labute approximate surface area is 190 Å². The van der Waals surface area contributed by atoms with Crippen LogP contribution >= 0.6 is 11.6 Å². The first-order valence-corrected chi connectivity index (χ1v) is 12.0. The van der Waals surface area contributed by atoms with Gasteiger partial charge >= 0.3 is 5.92 Å². The van der Waals surface area contributed by atoms with Crippen LogP contribution in [0.4, 0.5) is 20.5 Å². The molecule has 8 nitrogen and oxygen atoms in total. The average molecular weight is 483 g/mol. The highest BCUT2D eigenvalue weighted by molar-refractivity contribution is 7.85. The SMILES string of the molecule is O=[S@@]1CC(F)(F)c2nc(N3CC=C(c4ncc(Cl)cn4)CC3)nc(NC3(CO)CCC3)c21. The van der Waals surface area contributed by atoms with Crippen LogP contribution in [0.25, 0.3) is 5.57 Å². The lowest BCUT2D eigenvalue weighted by Gasteiger charge is -2.41. The third kappa shape index (κ3) is 3.75. The predicted molar refractivity (Wildman–Crippen MR) is 116 cm³/mol. The Kier molecular flexibility index (Phi) is 5.37. The van der Waals surface area contributed by atoms with Gasteiger partial charge in [0, 0.05) is 25.5 Å². The summed E-state index contributed by atoms with van der Waals surface area (Å²) >= 11 is 5.85. The van der Waals surface area contributed by atoms with Crippen LogP contribution in [0.3, 0.4) is 0 Å². The number of nitrogens with one attached hydrogen (secondary N) is 1. The zero-order chi connectivity index (χ0) is 22.5. The summed E-state index contributed by atoms with van der Waals surface area (Å²) in [5.74, 6) is -3.26. The zero-order valence-corrected chi connectivity index (χ0v) is 18.6. The number of alkyl halides is 2. The summed E-state index contributed by atoms with van der Waals surface area (Å²) in [4.78, 5) is 18.8. The Morgan fingerprint density at radius 3 is 2.59 bits per heavy atom. The molecule has 2 aromatic rings. The number of rotatable bonds is 5. The van der Waals surface area contributed by atoms with Gasteiger partial charge in [0.2, 0.25) is 5.95 Å². The maximum atomic E-state index is 14.6. The molecule has 3 aliphatic rings. The molecule has 2 aromatic heterocycles. The topological polar surface area (TPSA) is 104 Å². The van der Waals surface area contributed by atoms with E-state index in [4.69, 9.17) is 11.6 Å². The molecule has 170 valence electrons. The number of aromatic nitrogens is 4. The molecule has 2 aliphatic heterocycles. The molecule has 0 saturated heterocycles. The lowest BCUT2D eigenvalue weighted by Crippen LogP contribution is -2.48. The number of halogens is 3. The van der Waals surface area contributed by atoms with E-state index in [1.807, 2.05) is 6.08 Å². The van der Waals surface area contributed by atoms with E-state index in [1.165, 1.54) is 12.4 Å². The van der Waals surface area contributed by atoms with Crippen molar-refractivity contribution in [3.05, 3.63) is 35.0 Å². The van der Waals surface area contributed by atoms with Crippen molar-refractivity contribution in [3.63, 3.8) is 0 Å². The second-order valence-corrected chi connectivity index (χ2v) is 10.1. The number of nitrogens with zero attached hydrogens (tertiary/aromatic N) is 5. The van der Waals surface area contributed by atoms with E-state index in [2.05, 4.69) is 25.3 Å². The van der Waals surface area contributed by atoms with Crippen LogP contribution in [0.5, 0.6) is 0 Å². The van der Waals surface area contributed by atoms with E-state index in [0.29, 0.717) is 43.2 Å². The van der Waals surface area contributed by atoms with Crippen LogP contribution in [-0.2, 0) is 16.7 Å². The molecular formula is C20H21ClF2N6O2S. The van der Waals surface area contributed by atoms with Gasteiger partial charge in [-0.2, -0.15) is 13.8 Å². The normalized spacial score (nSPS) is 23.3. The number of anilines is 2. The highest BCUT2D eigenvalue weighted by Crippen LogP contribution is 2.45. The lowest BCUT2D eigenvalue weighted by atomic mass is 9.77. The zero-order valence-electron chi connectivity index (χ0n) is 17.0. The smallest absolute Gasteiger partial charge is 0.302 e. The Morgan fingerprint density at radius 2 is 2.00 bits per heavy atom. The molecule has 1 fully saturated rings. The van der Waals surface area contributed by atoms with E-state index in [1.54, 1.807) is 4.90 Å². The van der Waals surface area contributed by atoms with Crippen LogP contribution in [0.2, 0.25) is 5.02 Å². The van der Waals surface area contributed by atoms with Gasteiger partial charge in [0.05, 0.1) is 33.7 Å². The Balaban J connectivity index is 1.48. The van der Waals surface area contributed by atoms with Gasteiger partial charge in [0.15, 0.2) is 5.82 Å². The van der Waals surface area contributed by atoms with E-state index in [9.17, 15) is 18.1 Å². The standard InChI is InChI=1S/C20H21ClF2N6O2S/c21-13-8-24-16(25-9-13)12-2-6-29(7-3-12)18-26-15-14(32(31)11-20(15,22)23)17(27-18)28-19(10-30)4-1-5-19/h2,8-9,30H,1,3-7,10-11H2,(H,26,27,28)/t32-/m1/s1. The fraction of sp³-hybridized carbons (Fsp3) is 0.500. The molecule has 1 atom stereocenters. The van der Waals surface area contributed by atoms with Gasteiger partial charge in [0.1, 0.15) is 16.4 Å². The van der Waals surface area contributed by atoms with Crippen LogP contribution in [0.1, 0.15) is 37.2 Å². The molecule has 5 rings (SSSR count). The van der Waals surface area contributed by atoms with Crippen LogP contribution in [0.15, 0.2) is 23.4 Å². The maximum absolute atomic E-state index is 14.6. The van der Waals surface area contributed by atoms with Gasteiger partial charge in [-0.25, -0.2) is 15.0 Å². The van der Waals surface area contributed by atoms with E-state index < -0.39 is 33.7 Å². The summed E-state index contributed by atoms with van der Waals surface area (Å²) in [6.07, 6.45) is 7.84. The molecular weight excluding hydrogens is 462 g/mol. The van der Waals surface area contributed by atoms with Crippen LogP contribution in [0, 0.1) is 0 Å². The average Bonchev–Trinajstić information content (AvgIpc) is 2.99. The third-order valence-corrected chi connectivity index (χ3v) is 7.80. The molecule has 0 radical (unpaired) electrons. The first kappa shape index (κ1) is 21.6. The van der Waals surface area contributed by atoms with E-state index >= 15 is 0 Å². The largest absolute Gasteiger partial charge is 0.394 e. The van der Waals surface area contributed by atoms with Gasteiger partial charge < -0.3 is 15.3 Å². The summed E-state index contributed by atoms with van der Waals surface area (Å²) < 4.78 is 41.7. The summed E-state index contributed by atoms with van der Waals surface area (Å²) in [5.41, 5.74) is -0.188. The van der Waals surface area contributed by atoms with E-state index in [-0.39, 0.29) is 23.3 Å². The van der Waals surface area contributed by atoms with Crippen LogP contribution < -0.4 is 10.2 Å². The minimum atomic E-state index is -3.30. The van der Waals surface area contributed by atoms with Gasteiger partial charge in [0.25, 0.3) is 0 Å². The third-order valence-electron chi connectivity index (χ3n) is 6.14. The fourth-order valence-electron chi connectivity index (χ4n) is 4.14. The molecule has 12 heteroatoms. The summed E-state index contributed by atoms with van der Waals surface area (Å²) in [6, 6.07) is 0. The fourth-order valence-corrected chi connectivity index (χ4v) is 5.57. The molecule has 0 aromatic carbocycles. The van der Waals surface area contributed by atoms with Crippen molar-refractivity contribution in [2.45, 2.75) is 42.0 Å². The van der Waals surface area contributed by atoms with Crippen molar-refractivity contribution in [2.75, 3.05) is 35.7 Å². The summed E-state index contributed by atoms with van der Waals surface area (Å²) in [5, 5.41) is 13.4. The molecule has 2 N–H and O–H groups in total.